The number of carbonyl (C=O) groups is 1. The van der Waals surface area contributed by atoms with Crippen molar-refractivity contribution in [3.05, 3.63) is 64.0 Å². The number of unbranched alkanes of at least 4 members (excludes halogenated alkanes) is 1. The van der Waals surface area contributed by atoms with E-state index in [2.05, 4.69) is 0 Å². The third-order valence-electron chi connectivity index (χ3n) is 4.52. The molecular formula is C24H26O6. The molecule has 0 amide bonds. The predicted molar refractivity (Wildman–Crippen MR) is 114 cm³/mol. The van der Waals surface area contributed by atoms with Gasteiger partial charge in [0.2, 0.25) is 11.2 Å². The molecule has 0 saturated heterocycles. The summed E-state index contributed by atoms with van der Waals surface area (Å²) in [7, 11) is 0. The summed E-state index contributed by atoms with van der Waals surface area (Å²) in [4.78, 5) is 24.8. The van der Waals surface area contributed by atoms with Gasteiger partial charge in [-0.05, 0) is 62.6 Å². The molecular weight excluding hydrogens is 384 g/mol. The minimum Gasteiger partial charge on any atom is -0.479 e. The van der Waals surface area contributed by atoms with E-state index in [0.717, 1.165) is 24.0 Å². The Bertz CT molecular complexity index is 1080. The molecule has 30 heavy (non-hydrogen) atoms. The van der Waals surface area contributed by atoms with Crippen LogP contribution in [0.15, 0.2) is 51.9 Å². The molecule has 0 aliphatic carbocycles. The number of fused-ring (bicyclic) bond motifs is 1. The Labute approximate surface area is 175 Å². The molecule has 0 N–H and O–H groups in total. The zero-order chi connectivity index (χ0) is 21.7. The second-order valence-corrected chi connectivity index (χ2v) is 7.29. The van der Waals surface area contributed by atoms with E-state index in [9.17, 15) is 9.59 Å². The SMILES string of the molecule is CCCCOC(=O)[C@H](C)Oc1ccc2c(=O)c(Oc3cc(C)cc(C)c3)coc2c1. The van der Waals surface area contributed by atoms with E-state index in [0.29, 0.717) is 29.1 Å². The van der Waals surface area contributed by atoms with Gasteiger partial charge in [-0.25, -0.2) is 4.79 Å². The lowest BCUT2D eigenvalue weighted by Crippen LogP contribution is -2.26. The number of hydrogen-bond acceptors (Lipinski definition) is 6. The zero-order valence-corrected chi connectivity index (χ0v) is 17.7. The maximum absolute atomic E-state index is 12.8. The maximum atomic E-state index is 12.8. The van der Waals surface area contributed by atoms with Crippen molar-refractivity contribution in [1.29, 1.82) is 0 Å². The largest absolute Gasteiger partial charge is 0.479 e. The summed E-state index contributed by atoms with van der Waals surface area (Å²) in [6.45, 7) is 7.94. The van der Waals surface area contributed by atoms with Gasteiger partial charge in [0, 0.05) is 6.07 Å². The molecule has 1 heterocycles. The van der Waals surface area contributed by atoms with Gasteiger partial charge in [-0.3, -0.25) is 4.79 Å². The number of aryl methyl sites for hydroxylation is 2. The summed E-state index contributed by atoms with van der Waals surface area (Å²) in [6.07, 6.45) is 2.28. The van der Waals surface area contributed by atoms with Crippen LogP contribution in [0.3, 0.4) is 0 Å². The molecule has 6 heteroatoms. The number of esters is 1. The summed E-state index contributed by atoms with van der Waals surface area (Å²) in [5.74, 6) is 0.666. The molecule has 1 aromatic heterocycles. The molecule has 0 aliphatic heterocycles. The van der Waals surface area contributed by atoms with Gasteiger partial charge in [-0.1, -0.05) is 19.4 Å². The Kier molecular flexibility index (Phi) is 6.77. The van der Waals surface area contributed by atoms with Gasteiger partial charge in [0.15, 0.2) is 6.10 Å². The Morgan fingerprint density at radius 1 is 1.07 bits per heavy atom. The third kappa shape index (κ3) is 5.20. The zero-order valence-electron chi connectivity index (χ0n) is 17.7. The highest BCUT2D eigenvalue weighted by molar-refractivity contribution is 5.79. The second kappa shape index (κ2) is 9.48. The van der Waals surface area contributed by atoms with Crippen molar-refractivity contribution in [1.82, 2.24) is 0 Å². The fraction of sp³-hybridized carbons (Fsp3) is 0.333. The van der Waals surface area contributed by atoms with Crippen molar-refractivity contribution in [3.8, 4) is 17.2 Å². The molecule has 0 aliphatic rings. The second-order valence-electron chi connectivity index (χ2n) is 7.29. The molecule has 3 rings (SSSR count). The van der Waals surface area contributed by atoms with Crippen LogP contribution in [0, 0.1) is 13.8 Å². The van der Waals surface area contributed by atoms with E-state index in [1.165, 1.54) is 6.26 Å². The van der Waals surface area contributed by atoms with Crippen LogP contribution in [0.2, 0.25) is 0 Å². The smallest absolute Gasteiger partial charge is 0.347 e. The first kappa shape index (κ1) is 21.4. The molecule has 0 unspecified atom stereocenters. The highest BCUT2D eigenvalue weighted by Gasteiger charge is 2.17. The molecule has 3 aromatic rings. The molecule has 0 spiro atoms. The summed E-state index contributed by atoms with van der Waals surface area (Å²) in [5.41, 5.74) is 2.14. The van der Waals surface area contributed by atoms with Gasteiger partial charge in [-0.2, -0.15) is 0 Å². The van der Waals surface area contributed by atoms with E-state index >= 15 is 0 Å². The van der Waals surface area contributed by atoms with Crippen molar-refractivity contribution >= 4 is 16.9 Å². The van der Waals surface area contributed by atoms with Crippen LogP contribution in [0.25, 0.3) is 11.0 Å². The van der Waals surface area contributed by atoms with E-state index in [-0.39, 0.29) is 11.2 Å². The normalized spacial score (nSPS) is 11.9. The Morgan fingerprint density at radius 3 is 2.50 bits per heavy atom. The predicted octanol–water partition coefficient (Wildman–Crippen LogP) is 5.31. The van der Waals surface area contributed by atoms with Gasteiger partial charge in [0.05, 0.1) is 12.0 Å². The number of benzene rings is 2. The van der Waals surface area contributed by atoms with Crippen molar-refractivity contribution in [2.45, 2.75) is 46.6 Å². The lowest BCUT2D eigenvalue weighted by atomic mass is 10.1. The molecule has 1 atom stereocenters. The van der Waals surface area contributed by atoms with Gasteiger partial charge in [0.1, 0.15) is 23.3 Å². The van der Waals surface area contributed by atoms with Gasteiger partial charge in [0.25, 0.3) is 0 Å². The van der Waals surface area contributed by atoms with E-state index in [1.807, 2.05) is 39.0 Å². The molecule has 0 bridgehead atoms. The van der Waals surface area contributed by atoms with Crippen molar-refractivity contribution in [2.24, 2.45) is 0 Å². The summed E-state index contributed by atoms with van der Waals surface area (Å²) < 4.78 is 22.1. The van der Waals surface area contributed by atoms with Crippen LogP contribution in [-0.4, -0.2) is 18.7 Å². The van der Waals surface area contributed by atoms with Crippen LogP contribution >= 0.6 is 0 Å². The number of hydrogen-bond donors (Lipinski definition) is 0. The lowest BCUT2D eigenvalue weighted by molar-refractivity contribution is -0.151. The van der Waals surface area contributed by atoms with Gasteiger partial charge >= 0.3 is 5.97 Å². The third-order valence-corrected chi connectivity index (χ3v) is 4.52. The topological polar surface area (TPSA) is 75.0 Å². The Morgan fingerprint density at radius 2 is 1.80 bits per heavy atom. The average Bonchev–Trinajstić information content (AvgIpc) is 2.69. The molecule has 6 nitrogen and oxygen atoms in total. The minimum atomic E-state index is -0.766. The van der Waals surface area contributed by atoms with Crippen molar-refractivity contribution in [3.63, 3.8) is 0 Å². The van der Waals surface area contributed by atoms with Crippen molar-refractivity contribution < 1.29 is 23.4 Å². The summed E-state index contributed by atoms with van der Waals surface area (Å²) >= 11 is 0. The van der Waals surface area contributed by atoms with E-state index < -0.39 is 12.1 Å². The monoisotopic (exact) mass is 410 g/mol. The Balaban J connectivity index is 1.77. The number of ether oxygens (including phenoxy) is 3. The highest BCUT2D eigenvalue weighted by atomic mass is 16.6. The molecule has 0 saturated carbocycles. The maximum Gasteiger partial charge on any atom is 0.347 e. The fourth-order valence-electron chi connectivity index (χ4n) is 3.04. The van der Waals surface area contributed by atoms with Crippen molar-refractivity contribution in [2.75, 3.05) is 6.61 Å². The molecule has 158 valence electrons. The molecule has 0 radical (unpaired) electrons. The quantitative estimate of drug-likeness (QED) is 0.370. The van der Waals surface area contributed by atoms with Gasteiger partial charge in [-0.15, -0.1) is 0 Å². The van der Waals surface area contributed by atoms with E-state index in [4.69, 9.17) is 18.6 Å². The van der Waals surface area contributed by atoms with Gasteiger partial charge < -0.3 is 18.6 Å². The van der Waals surface area contributed by atoms with Crippen LogP contribution in [-0.2, 0) is 9.53 Å². The van der Waals surface area contributed by atoms with Crippen LogP contribution < -0.4 is 14.9 Å². The first-order valence-electron chi connectivity index (χ1n) is 10.0. The van der Waals surface area contributed by atoms with Crippen LogP contribution in [0.1, 0.15) is 37.8 Å². The number of rotatable bonds is 8. The highest BCUT2D eigenvalue weighted by Crippen LogP contribution is 2.25. The Hall–Kier alpha value is -3.28. The summed E-state index contributed by atoms with van der Waals surface area (Å²) in [6, 6.07) is 10.5. The molecule has 2 aromatic carbocycles. The molecule has 0 fully saturated rings. The first-order valence-corrected chi connectivity index (χ1v) is 10.0. The standard InChI is InChI=1S/C24H26O6/c1-5-6-9-27-24(26)17(4)29-18-7-8-20-21(13-18)28-14-22(23(20)25)30-19-11-15(2)10-16(3)12-19/h7-8,10-14,17H,5-6,9H2,1-4H3/t17-/m0/s1. The average molecular weight is 410 g/mol. The van der Waals surface area contributed by atoms with Crippen LogP contribution in [0.5, 0.6) is 17.2 Å². The first-order chi connectivity index (χ1) is 14.4. The number of carbonyl (C=O) groups excluding carboxylic acids is 1. The summed E-state index contributed by atoms with van der Waals surface area (Å²) in [5, 5.41) is 0.363. The van der Waals surface area contributed by atoms with E-state index in [1.54, 1.807) is 25.1 Å². The van der Waals surface area contributed by atoms with Crippen LogP contribution in [0.4, 0.5) is 0 Å². The fourth-order valence-corrected chi connectivity index (χ4v) is 3.04. The lowest BCUT2D eigenvalue weighted by Gasteiger charge is -2.14. The minimum absolute atomic E-state index is 0.106.